The molecule has 4 aliphatic rings. The summed E-state index contributed by atoms with van der Waals surface area (Å²) in [6, 6.07) is 0. The van der Waals surface area contributed by atoms with Gasteiger partial charge in [0.2, 0.25) is 0 Å². The van der Waals surface area contributed by atoms with Crippen molar-refractivity contribution in [3.8, 4) is 0 Å². The minimum Gasteiger partial charge on any atom is -0.374 e. The lowest BCUT2D eigenvalue weighted by molar-refractivity contribution is -0.155. The molecule has 92 valence electrons. The second-order valence-electron chi connectivity index (χ2n) is 6.98. The monoisotopic (exact) mass is 222 g/mol. The lowest BCUT2D eigenvalue weighted by atomic mass is 9.55. The molecule has 4 saturated carbocycles. The quantitative estimate of drug-likeness (QED) is 0.704. The van der Waals surface area contributed by atoms with Crippen LogP contribution in [0.1, 0.15) is 52.9 Å². The Balaban J connectivity index is 1.67. The Morgan fingerprint density at radius 1 is 0.812 bits per heavy atom. The van der Waals surface area contributed by atoms with Crippen LogP contribution in [0.3, 0.4) is 0 Å². The highest BCUT2D eigenvalue weighted by molar-refractivity contribution is 4.99. The first-order chi connectivity index (χ1) is 7.63. The SMILES string of the molecule is CC(C)[C@@H](C)OC1C2CC3CC(C2)CC1C3. The van der Waals surface area contributed by atoms with Gasteiger partial charge in [-0.2, -0.15) is 0 Å². The van der Waals surface area contributed by atoms with Gasteiger partial charge in [-0.25, -0.2) is 0 Å². The summed E-state index contributed by atoms with van der Waals surface area (Å²) >= 11 is 0. The molecule has 16 heavy (non-hydrogen) atoms. The molecule has 0 heterocycles. The molecule has 0 unspecified atom stereocenters. The topological polar surface area (TPSA) is 9.23 Å². The minimum atomic E-state index is 0.447. The van der Waals surface area contributed by atoms with Crippen LogP contribution in [0.5, 0.6) is 0 Å². The molecular formula is C15H26O. The van der Waals surface area contributed by atoms with Gasteiger partial charge < -0.3 is 4.74 Å². The molecule has 4 fully saturated rings. The molecule has 0 aromatic carbocycles. The summed E-state index contributed by atoms with van der Waals surface area (Å²) < 4.78 is 6.39. The van der Waals surface area contributed by atoms with Crippen molar-refractivity contribution in [1.29, 1.82) is 0 Å². The third kappa shape index (κ3) is 1.81. The fraction of sp³-hybridized carbons (Fsp3) is 1.00. The van der Waals surface area contributed by atoms with Crippen LogP contribution in [0.2, 0.25) is 0 Å². The molecule has 4 rings (SSSR count). The molecule has 0 aromatic heterocycles. The van der Waals surface area contributed by atoms with E-state index in [0.29, 0.717) is 18.1 Å². The standard InChI is InChI=1S/C15H26O/c1-9(2)10(3)16-15-13-5-11-4-12(7-13)8-14(15)6-11/h9-15H,4-8H2,1-3H3/t10-,11?,12?,13?,14?,15?/m1/s1. The molecular weight excluding hydrogens is 196 g/mol. The molecule has 0 aromatic rings. The van der Waals surface area contributed by atoms with E-state index in [9.17, 15) is 0 Å². The third-order valence-electron chi connectivity index (χ3n) is 5.45. The summed E-state index contributed by atoms with van der Waals surface area (Å²) in [5.74, 6) is 4.63. The van der Waals surface area contributed by atoms with E-state index < -0.39 is 0 Å². The maximum Gasteiger partial charge on any atom is 0.0635 e. The van der Waals surface area contributed by atoms with Crippen LogP contribution in [-0.4, -0.2) is 12.2 Å². The van der Waals surface area contributed by atoms with E-state index in [1.807, 2.05) is 0 Å². The van der Waals surface area contributed by atoms with Gasteiger partial charge in [0.15, 0.2) is 0 Å². The Morgan fingerprint density at radius 3 is 1.75 bits per heavy atom. The third-order valence-corrected chi connectivity index (χ3v) is 5.45. The van der Waals surface area contributed by atoms with E-state index in [1.165, 1.54) is 25.7 Å². The van der Waals surface area contributed by atoms with E-state index in [0.717, 1.165) is 23.7 Å². The molecule has 0 radical (unpaired) electrons. The Morgan fingerprint density at radius 2 is 1.31 bits per heavy atom. The zero-order valence-corrected chi connectivity index (χ0v) is 11.0. The van der Waals surface area contributed by atoms with E-state index in [4.69, 9.17) is 4.74 Å². The highest BCUT2D eigenvalue weighted by atomic mass is 16.5. The van der Waals surface area contributed by atoms with Crippen molar-refractivity contribution in [3.05, 3.63) is 0 Å². The number of hydrogen-bond acceptors (Lipinski definition) is 1. The lowest BCUT2D eigenvalue weighted by Crippen LogP contribution is -2.50. The molecule has 4 bridgehead atoms. The van der Waals surface area contributed by atoms with Gasteiger partial charge in [0.05, 0.1) is 12.2 Å². The molecule has 4 aliphatic carbocycles. The Kier molecular flexibility index (Phi) is 2.78. The van der Waals surface area contributed by atoms with Gasteiger partial charge >= 0.3 is 0 Å². The zero-order valence-electron chi connectivity index (χ0n) is 11.0. The van der Waals surface area contributed by atoms with Crippen LogP contribution in [0, 0.1) is 29.6 Å². The van der Waals surface area contributed by atoms with Gasteiger partial charge in [-0.1, -0.05) is 13.8 Å². The van der Waals surface area contributed by atoms with Gasteiger partial charge in [-0.3, -0.25) is 0 Å². The van der Waals surface area contributed by atoms with E-state index in [-0.39, 0.29) is 0 Å². The fourth-order valence-corrected chi connectivity index (χ4v) is 4.50. The van der Waals surface area contributed by atoms with Gasteiger partial charge in [-0.05, 0) is 68.6 Å². The lowest BCUT2D eigenvalue weighted by Gasteiger charge is -2.54. The van der Waals surface area contributed by atoms with Crippen molar-refractivity contribution >= 4 is 0 Å². The Hall–Kier alpha value is -0.0400. The van der Waals surface area contributed by atoms with E-state index in [2.05, 4.69) is 20.8 Å². The normalized spacial score (nSPS) is 47.6. The highest BCUT2D eigenvalue weighted by Gasteiger charge is 2.49. The molecule has 1 heteroatoms. The van der Waals surface area contributed by atoms with Crippen molar-refractivity contribution < 1.29 is 4.74 Å². The zero-order chi connectivity index (χ0) is 11.3. The predicted octanol–water partition coefficient (Wildman–Crippen LogP) is 3.87. The van der Waals surface area contributed by atoms with Crippen molar-refractivity contribution in [3.63, 3.8) is 0 Å². The Bertz CT molecular complexity index is 230. The average molecular weight is 222 g/mol. The fourth-order valence-electron chi connectivity index (χ4n) is 4.50. The number of hydrogen-bond donors (Lipinski definition) is 0. The molecule has 0 saturated heterocycles. The first-order valence-corrected chi connectivity index (χ1v) is 7.29. The van der Waals surface area contributed by atoms with Gasteiger partial charge in [0.1, 0.15) is 0 Å². The summed E-state index contributed by atoms with van der Waals surface area (Å²) in [5, 5.41) is 0. The molecule has 0 aliphatic heterocycles. The van der Waals surface area contributed by atoms with Crippen molar-refractivity contribution in [2.24, 2.45) is 29.6 Å². The van der Waals surface area contributed by atoms with Crippen LogP contribution >= 0.6 is 0 Å². The first-order valence-electron chi connectivity index (χ1n) is 7.29. The van der Waals surface area contributed by atoms with Crippen LogP contribution in [-0.2, 0) is 4.74 Å². The molecule has 1 atom stereocenters. The second-order valence-corrected chi connectivity index (χ2v) is 6.98. The predicted molar refractivity (Wildman–Crippen MR) is 66.2 cm³/mol. The summed E-state index contributed by atoms with van der Waals surface area (Å²) in [4.78, 5) is 0. The van der Waals surface area contributed by atoms with Crippen LogP contribution in [0.15, 0.2) is 0 Å². The van der Waals surface area contributed by atoms with E-state index in [1.54, 1.807) is 6.42 Å². The molecule has 1 nitrogen and oxygen atoms in total. The number of rotatable bonds is 3. The maximum atomic E-state index is 6.39. The van der Waals surface area contributed by atoms with Gasteiger partial charge in [0.25, 0.3) is 0 Å². The van der Waals surface area contributed by atoms with Crippen molar-refractivity contribution in [2.75, 3.05) is 0 Å². The van der Waals surface area contributed by atoms with Gasteiger partial charge in [0, 0.05) is 0 Å². The molecule has 0 N–H and O–H groups in total. The van der Waals surface area contributed by atoms with Crippen LogP contribution in [0.25, 0.3) is 0 Å². The van der Waals surface area contributed by atoms with Crippen molar-refractivity contribution in [1.82, 2.24) is 0 Å². The first kappa shape index (κ1) is 11.1. The summed E-state index contributed by atoms with van der Waals surface area (Å²) in [7, 11) is 0. The average Bonchev–Trinajstić information content (AvgIpc) is 2.21. The largest absolute Gasteiger partial charge is 0.374 e. The minimum absolute atomic E-state index is 0.447. The van der Waals surface area contributed by atoms with Crippen molar-refractivity contribution in [2.45, 2.75) is 65.1 Å². The number of ether oxygens (including phenoxy) is 1. The molecule has 0 amide bonds. The van der Waals surface area contributed by atoms with E-state index >= 15 is 0 Å². The van der Waals surface area contributed by atoms with Gasteiger partial charge in [-0.15, -0.1) is 0 Å². The maximum absolute atomic E-state index is 6.39. The second kappa shape index (κ2) is 4.01. The highest BCUT2D eigenvalue weighted by Crippen LogP contribution is 2.54. The van der Waals surface area contributed by atoms with Crippen LogP contribution < -0.4 is 0 Å². The molecule has 0 spiro atoms. The smallest absolute Gasteiger partial charge is 0.0635 e. The summed E-state index contributed by atoms with van der Waals surface area (Å²) in [6.45, 7) is 6.82. The summed E-state index contributed by atoms with van der Waals surface area (Å²) in [6.07, 6.45) is 8.50. The Labute approximate surface area is 99.9 Å². The van der Waals surface area contributed by atoms with Crippen LogP contribution in [0.4, 0.5) is 0 Å². The summed E-state index contributed by atoms with van der Waals surface area (Å²) in [5.41, 5.74) is 0.